The minimum atomic E-state index is -2.52. The first-order valence-electron chi connectivity index (χ1n) is 11.1. The highest BCUT2D eigenvalue weighted by atomic mass is 28.4. The fraction of sp³-hybridized carbons (Fsp3) is 0.667. The van der Waals surface area contributed by atoms with Crippen molar-refractivity contribution in [2.24, 2.45) is 5.92 Å². The highest BCUT2D eigenvalue weighted by Gasteiger charge is 2.55. The number of hydrogen-bond donors (Lipinski definition) is 0. The number of carbonyl (C=O) groups excluding carboxylic acids is 1. The molecule has 33 heavy (non-hydrogen) atoms. The molecule has 182 valence electrons. The molecule has 0 N–H and O–H groups in total. The van der Waals surface area contributed by atoms with Gasteiger partial charge in [0, 0.05) is 11.5 Å². The molecule has 1 aromatic carbocycles. The van der Waals surface area contributed by atoms with Gasteiger partial charge in [0.05, 0.1) is 26.2 Å². The number of carbonyl (C=O) groups is 1. The summed E-state index contributed by atoms with van der Waals surface area (Å²) in [5.74, 6) is -0.846. The molecule has 3 atom stereocenters. The molecule has 0 bridgehead atoms. The number of hydrogen-bond acceptors (Lipinski definition) is 8. The molecule has 2 heterocycles. The van der Waals surface area contributed by atoms with Crippen LogP contribution in [0.1, 0.15) is 46.6 Å². The third-order valence-corrected chi connectivity index (χ3v) is 11.3. The van der Waals surface area contributed by atoms with E-state index in [0.717, 1.165) is 0 Å². The average molecular weight is 478 g/mol. The largest absolute Gasteiger partial charge is 0.469 e. The summed E-state index contributed by atoms with van der Waals surface area (Å²) in [6.45, 7) is 14.4. The van der Waals surface area contributed by atoms with Crippen molar-refractivity contribution in [2.75, 3.05) is 20.5 Å². The SMILES string of the molecule is COC(=O)C[C@H]([C@H]1COC(C)(C)O1)C(C#N)(O[Si](C)(C)C(C)(C)C)c1ccc2c(c1)OCO2. The van der Waals surface area contributed by atoms with Crippen molar-refractivity contribution in [1.29, 1.82) is 5.26 Å². The fourth-order valence-corrected chi connectivity index (χ4v) is 5.34. The summed E-state index contributed by atoms with van der Waals surface area (Å²) < 4.78 is 35.0. The van der Waals surface area contributed by atoms with Gasteiger partial charge in [-0.15, -0.1) is 0 Å². The molecular formula is C24H35NO7Si. The molecule has 9 heteroatoms. The van der Waals surface area contributed by atoms with E-state index in [2.05, 4.69) is 39.9 Å². The van der Waals surface area contributed by atoms with Crippen LogP contribution in [0.2, 0.25) is 18.1 Å². The molecule has 2 aliphatic rings. The van der Waals surface area contributed by atoms with Gasteiger partial charge in [0.25, 0.3) is 0 Å². The number of benzene rings is 1. The summed E-state index contributed by atoms with van der Waals surface area (Å²) in [5, 5.41) is 10.6. The molecule has 0 amide bonds. The number of rotatable bonds is 7. The van der Waals surface area contributed by atoms with Crippen LogP contribution < -0.4 is 9.47 Å². The van der Waals surface area contributed by atoms with Gasteiger partial charge in [-0.2, -0.15) is 5.26 Å². The minimum absolute atomic E-state index is 0.0722. The Morgan fingerprint density at radius 3 is 2.48 bits per heavy atom. The predicted molar refractivity (Wildman–Crippen MR) is 123 cm³/mol. The number of nitriles is 1. The van der Waals surface area contributed by atoms with Gasteiger partial charge in [0.15, 0.2) is 31.2 Å². The first kappa shape index (κ1) is 25.5. The highest BCUT2D eigenvalue weighted by Crippen LogP contribution is 2.49. The molecule has 3 rings (SSSR count). The van der Waals surface area contributed by atoms with Gasteiger partial charge in [0.2, 0.25) is 6.79 Å². The van der Waals surface area contributed by atoms with Crippen molar-refractivity contribution in [3.05, 3.63) is 23.8 Å². The average Bonchev–Trinajstić information content (AvgIpc) is 3.34. The fourth-order valence-electron chi connectivity index (χ4n) is 3.92. The molecule has 1 saturated heterocycles. The summed E-state index contributed by atoms with van der Waals surface area (Å²) >= 11 is 0. The van der Waals surface area contributed by atoms with Crippen molar-refractivity contribution in [2.45, 2.75) is 76.7 Å². The second kappa shape index (κ2) is 8.91. The lowest BCUT2D eigenvalue weighted by molar-refractivity contribution is -0.162. The summed E-state index contributed by atoms with van der Waals surface area (Å²) in [4.78, 5) is 12.6. The van der Waals surface area contributed by atoms with Crippen molar-refractivity contribution < 1.29 is 32.9 Å². The van der Waals surface area contributed by atoms with Gasteiger partial charge in [-0.1, -0.05) is 26.8 Å². The maximum absolute atomic E-state index is 12.6. The molecule has 8 nitrogen and oxygen atoms in total. The lowest BCUT2D eigenvalue weighted by Crippen LogP contribution is -2.54. The van der Waals surface area contributed by atoms with E-state index in [1.807, 2.05) is 13.8 Å². The Balaban J connectivity index is 2.19. The molecule has 0 radical (unpaired) electrons. The van der Waals surface area contributed by atoms with E-state index in [1.165, 1.54) is 7.11 Å². The van der Waals surface area contributed by atoms with Crippen molar-refractivity contribution in [1.82, 2.24) is 0 Å². The van der Waals surface area contributed by atoms with Crippen LogP contribution in [0.15, 0.2) is 18.2 Å². The number of esters is 1. The van der Waals surface area contributed by atoms with Crippen LogP contribution in [0.3, 0.4) is 0 Å². The van der Waals surface area contributed by atoms with Gasteiger partial charge >= 0.3 is 5.97 Å². The zero-order valence-corrected chi connectivity index (χ0v) is 21.8. The Bertz CT molecular complexity index is 934. The van der Waals surface area contributed by atoms with Crippen LogP contribution in [-0.4, -0.2) is 46.7 Å². The minimum Gasteiger partial charge on any atom is -0.469 e. The number of nitrogens with zero attached hydrogens (tertiary/aromatic N) is 1. The number of fused-ring (bicyclic) bond motifs is 1. The first-order chi connectivity index (χ1) is 15.2. The smallest absolute Gasteiger partial charge is 0.306 e. The molecular weight excluding hydrogens is 442 g/mol. The van der Waals surface area contributed by atoms with E-state index in [0.29, 0.717) is 17.1 Å². The first-order valence-corrected chi connectivity index (χ1v) is 14.1. The number of methoxy groups -OCH3 is 1. The lowest BCUT2D eigenvalue weighted by atomic mass is 9.77. The second-order valence-corrected chi connectivity index (χ2v) is 15.3. The third-order valence-electron chi connectivity index (χ3n) is 6.81. The van der Waals surface area contributed by atoms with E-state index < -0.39 is 37.7 Å². The van der Waals surface area contributed by atoms with Gasteiger partial charge in [-0.25, -0.2) is 0 Å². The normalized spacial score (nSPS) is 22.3. The molecule has 0 aromatic heterocycles. The van der Waals surface area contributed by atoms with E-state index in [4.69, 9.17) is 28.1 Å². The Labute approximate surface area is 197 Å². The van der Waals surface area contributed by atoms with Crippen molar-refractivity contribution in [3.63, 3.8) is 0 Å². The third kappa shape index (κ3) is 5.04. The maximum Gasteiger partial charge on any atom is 0.306 e. The van der Waals surface area contributed by atoms with Crippen LogP contribution in [0.5, 0.6) is 11.5 Å². The van der Waals surface area contributed by atoms with Gasteiger partial charge < -0.3 is 28.1 Å². The zero-order valence-electron chi connectivity index (χ0n) is 20.8. The monoisotopic (exact) mass is 477 g/mol. The van der Waals surface area contributed by atoms with Gasteiger partial charge in [-0.05, 0) is 44.1 Å². The second-order valence-electron chi connectivity index (χ2n) is 10.5. The number of ether oxygens (including phenoxy) is 5. The van der Waals surface area contributed by atoms with Crippen LogP contribution >= 0.6 is 0 Å². The summed E-state index contributed by atoms with van der Waals surface area (Å²) in [7, 11) is -1.19. The zero-order chi connectivity index (χ0) is 24.7. The standard InChI is InChI=1S/C24H35NO7Si/c1-22(2,3)33(7,8)32-24(14-25,16-9-10-18-19(11-16)29-15-28-18)17(12-21(26)27-6)20-13-30-23(4,5)31-20/h9-11,17,20H,12-13,15H2,1-8H3/t17-,20-,24?/m1/s1. The highest BCUT2D eigenvalue weighted by molar-refractivity contribution is 6.74. The van der Waals surface area contributed by atoms with Crippen LogP contribution in [0.4, 0.5) is 0 Å². The molecule has 2 aliphatic heterocycles. The van der Waals surface area contributed by atoms with E-state index in [1.54, 1.807) is 18.2 Å². The predicted octanol–water partition coefficient (Wildman–Crippen LogP) is 4.49. The molecule has 0 saturated carbocycles. The van der Waals surface area contributed by atoms with E-state index in [-0.39, 0.29) is 24.9 Å². The molecule has 0 aliphatic carbocycles. The van der Waals surface area contributed by atoms with Crippen molar-refractivity contribution in [3.8, 4) is 17.6 Å². The topological polar surface area (TPSA) is 96.2 Å². The Morgan fingerprint density at radius 2 is 1.94 bits per heavy atom. The van der Waals surface area contributed by atoms with Crippen LogP contribution in [0.25, 0.3) is 0 Å². The van der Waals surface area contributed by atoms with E-state index in [9.17, 15) is 10.1 Å². The molecule has 1 fully saturated rings. The van der Waals surface area contributed by atoms with E-state index >= 15 is 0 Å². The lowest BCUT2D eigenvalue weighted by Gasteiger charge is -2.46. The molecule has 0 spiro atoms. The van der Waals surface area contributed by atoms with Crippen LogP contribution in [0, 0.1) is 17.2 Å². The summed E-state index contributed by atoms with van der Waals surface area (Å²) in [6.07, 6.45) is -0.633. The van der Waals surface area contributed by atoms with Gasteiger partial charge in [-0.3, -0.25) is 4.79 Å². The Morgan fingerprint density at radius 1 is 1.27 bits per heavy atom. The van der Waals surface area contributed by atoms with Crippen LogP contribution in [-0.2, 0) is 29.0 Å². The molecule has 1 aromatic rings. The van der Waals surface area contributed by atoms with Crippen molar-refractivity contribution >= 4 is 14.3 Å². The Hall–Kier alpha value is -2.12. The summed E-state index contributed by atoms with van der Waals surface area (Å²) in [6, 6.07) is 7.79. The summed E-state index contributed by atoms with van der Waals surface area (Å²) in [5.41, 5.74) is -0.923. The Kier molecular flexibility index (Phi) is 6.89. The molecule has 1 unspecified atom stereocenters. The van der Waals surface area contributed by atoms with Gasteiger partial charge in [0.1, 0.15) is 6.07 Å². The maximum atomic E-state index is 12.6. The quantitative estimate of drug-likeness (QED) is 0.419.